The van der Waals surface area contributed by atoms with Gasteiger partial charge in [0.25, 0.3) is 0 Å². The van der Waals surface area contributed by atoms with E-state index in [-0.39, 0.29) is 12.1 Å². The quantitative estimate of drug-likeness (QED) is 0.643. The second-order valence-corrected chi connectivity index (χ2v) is 3.98. The summed E-state index contributed by atoms with van der Waals surface area (Å²) >= 11 is 0. The molecule has 2 rings (SSSR count). The molecule has 5 nitrogen and oxygen atoms in total. The predicted molar refractivity (Wildman–Crippen MR) is 50.5 cm³/mol. The fourth-order valence-corrected chi connectivity index (χ4v) is 1.74. The lowest BCUT2D eigenvalue weighted by atomic mass is 9.93. The minimum atomic E-state index is -0.403. The number of hydrogen-bond acceptors (Lipinski definition) is 2. The van der Waals surface area contributed by atoms with Crippen molar-refractivity contribution in [2.24, 2.45) is 5.73 Å². The van der Waals surface area contributed by atoms with Crippen LogP contribution >= 0.6 is 0 Å². The number of nitrogens with one attached hydrogen (secondary N) is 1. The standard InChI is InChI=1S/C9H15N3O2/c10-8(13)7-4-5-12(7)9(14)11-6-2-1-3-6/h6-7H,1-5H2,(H2,10,13)(H,11,14). The minimum Gasteiger partial charge on any atom is -0.368 e. The summed E-state index contributed by atoms with van der Waals surface area (Å²) in [6.07, 6.45) is 4.00. The van der Waals surface area contributed by atoms with Crippen LogP contribution < -0.4 is 11.1 Å². The van der Waals surface area contributed by atoms with Crippen molar-refractivity contribution < 1.29 is 9.59 Å². The van der Waals surface area contributed by atoms with Crippen molar-refractivity contribution in [3.8, 4) is 0 Å². The Bertz CT molecular complexity index is 263. The van der Waals surface area contributed by atoms with E-state index in [9.17, 15) is 9.59 Å². The summed E-state index contributed by atoms with van der Waals surface area (Å²) < 4.78 is 0. The van der Waals surface area contributed by atoms with Crippen LogP contribution in [0.15, 0.2) is 0 Å². The first-order valence-electron chi connectivity index (χ1n) is 5.05. The molecule has 1 heterocycles. The van der Waals surface area contributed by atoms with Crippen LogP contribution in [0.25, 0.3) is 0 Å². The van der Waals surface area contributed by atoms with Crippen LogP contribution in [0, 0.1) is 0 Å². The van der Waals surface area contributed by atoms with E-state index >= 15 is 0 Å². The molecule has 0 aromatic rings. The van der Waals surface area contributed by atoms with Crippen molar-refractivity contribution >= 4 is 11.9 Å². The molecule has 0 spiro atoms. The molecule has 2 aliphatic rings. The Morgan fingerprint density at radius 1 is 1.29 bits per heavy atom. The Labute approximate surface area is 82.6 Å². The van der Waals surface area contributed by atoms with Gasteiger partial charge < -0.3 is 16.0 Å². The molecule has 1 saturated carbocycles. The van der Waals surface area contributed by atoms with E-state index in [2.05, 4.69) is 5.32 Å². The third-order valence-electron chi connectivity index (χ3n) is 3.04. The molecular weight excluding hydrogens is 182 g/mol. The highest BCUT2D eigenvalue weighted by molar-refractivity contribution is 5.87. The lowest BCUT2D eigenvalue weighted by Crippen LogP contribution is -2.61. The molecule has 1 atom stereocenters. The maximum Gasteiger partial charge on any atom is 0.318 e. The summed E-state index contributed by atoms with van der Waals surface area (Å²) in [5, 5.41) is 2.88. The lowest BCUT2D eigenvalue weighted by Gasteiger charge is -2.40. The smallest absolute Gasteiger partial charge is 0.318 e. The molecular formula is C9H15N3O2. The maximum absolute atomic E-state index is 11.6. The van der Waals surface area contributed by atoms with Crippen LogP contribution in [0.3, 0.4) is 0 Å². The molecule has 14 heavy (non-hydrogen) atoms. The van der Waals surface area contributed by atoms with Gasteiger partial charge in [0.1, 0.15) is 6.04 Å². The first-order valence-corrected chi connectivity index (χ1v) is 5.05. The number of likely N-dealkylation sites (tertiary alicyclic amines) is 1. The largest absolute Gasteiger partial charge is 0.368 e. The third kappa shape index (κ3) is 1.54. The molecule has 1 unspecified atom stereocenters. The van der Waals surface area contributed by atoms with Gasteiger partial charge in [0.2, 0.25) is 5.91 Å². The lowest BCUT2D eigenvalue weighted by molar-refractivity contribution is -0.125. The molecule has 1 aliphatic heterocycles. The van der Waals surface area contributed by atoms with Crippen molar-refractivity contribution in [2.75, 3.05) is 6.54 Å². The van der Waals surface area contributed by atoms with Gasteiger partial charge in [-0.25, -0.2) is 4.79 Å². The number of carbonyl (C=O) groups excluding carboxylic acids is 2. The van der Waals surface area contributed by atoms with Crippen LogP contribution in [0.4, 0.5) is 4.79 Å². The molecule has 0 aromatic heterocycles. The molecule has 0 radical (unpaired) electrons. The van der Waals surface area contributed by atoms with Crippen molar-refractivity contribution in [1.29, 1.82) is 0 Å². The SMILES string of the molecule is NC(=O)C1CCN1C(=O)NC1CCC1. The summed E-state index contributed by atoms with van der Waals surface area (Å²) in [5.41, 5.74) is 5.14. The summed E-state index contributed by atoms with van der Waals surface area (Å²) in [5.74, 6) is -0.403. The zero-order valence-corrected chi connectivity index (χ0v) is 8.03. The van der Waals surface area contributed by atoms with E-state index in [4.69, 9.17) is 5.73 Å². The Kier molecular flexibility index (Phi) is 2.31. The summed E-state index contributed by atoms with van der Waals surface area (Å²) in [6.45, 7) is 0.645. The average Bonchev–Trinajstić information content (AvgIpc) is 1.93. The van der Waals surface area contributed by atoms with Crippen LogP contribution in [0.5, 0.6) is 0 Å². The van der Waals surface area contributed by atoms with Gasteiger partial charge in [-0.3, -0.25) is 4.79 Å². The summed E-state index contributed by atoms with van der Waals surface area (Å²) in [4.78, 5) is 23.9. The Morgan fingerprint density at radius 3 is 2.36 bits per heavy atom. The highest BCUT2D eigenvalue weighted by atomic mass is 16.2. The van der Waals surface area contributed by atoms with E-state index in [1.807, 2.05) is 0 Å². The number of nitrogens with zero attached hydrogens (tertiary/aromatic N) is 1. The number of nitrogens with two attached hydrogens (primary N) is 1. The fourth-order valence-electron chi connectivity index (χ4n) is 1.74. The number of amides is 3. The van der Waals surface area contributed by atoms with Crippen molar-refractivity contribution in [1.82, 2.24) is 10.2 Å². The van der Waals surface area contributed by atoms with Gasteiger partial charge >= 0.3 is 6.03 Å². The second kappa shape index (κ2) is 3.48. The van der Waals surface area contributed by atoms with Crippen molar-refractivity contribution in [3.63, 3.8) is 0 Å². The molecule has 5 heteroatoms. The normalized spacial score (nSPS) is 26.3. The summed E-state index contributed by atoms with van der Waals surface area (Å²) in [6, 6.07) is -0.198. The van der Waals surface area contributed by atoms with Gasteiger partial charge in [-0.2, -0.15) is 0 Å². The van der Waals surface area contributed by atoms with Crippen LogP contribution in [-0.4, -0.2) is 35.5 Å². The molecule has 78 valence electrons. The van der Waals surface area contributed by atoms with E-state index in [0.717, 1.165) is 12.8 Å². The minimum absolute atomic E-state index is 0.134. The van der Waals surface area contributed by atoms with Gasteiger partial charge in [0.05, 0.1) is 0 Å². The zero-order chi connectivity index (χ0) is 10.1. The molecule has 0 aromatic carbocycles. The van der Waals surface area contributed by atoms with Gasteiger partial charge in [-0.05, 0) is 25.7 Å². The van der Waals surface area contributed by atoms with Crippen molar-refractivity contribution in [2.45, 2.75) is 37.8 Å². The molecule has 1 saturated heterocycles. The predicted octanol–water partition coefficient (Wildman–Crippen LogP) is -0.192. The van der Waals surface area contributed by atoms with Crippen LogP contribution in [0.2, 0.25) is 0 Å². The second-order valence-electron chi connectivity index (χ2n) is 3.98. The van der Waals surface area contributed by atoms with Crippen LogP contribution in [0.1, 0.15) is 25.7 Å². The zero-order valence-electron chi connectivity index (χ0n) is 8.03. The number of primary amides is 1. The van der Waals surface area contributed by atoms with Gasteiger partial charge in [-0.15, -0.1) is 0 Å². The average molecular weight is 197 g/mol. The number of carbonyl (C=O) groups is 2. The van der Waals surface area contributed by atoms with Gasteiger partial charge in [0.15, 0.2) is 0 Å². The fraction of sp³-hybridized carbons (Fsp3) is 0.778. The van der Waals surface area contributed by atoms with Gasteiger partial charge in [-0.1, -0.05) is 0 Å². The highest BCUT2D eigenvalue weighted by Crippen LogP contribution is 2.21. The number of rotatable bonds is 2. The molecule has 1 aliphatic carbocycles. The number of urea groups is 1. The Morgan fingerprint density at radius 2 is 2.00 bits per heavy atom. The Balaban J connectivity index is 1.82. The first kappa shape index (κ1) is 9.30. The van der Waals surface area contributed by atoms with Crippen molar-refractivity contribution in [3.05, 3.63) is 0 Å². The number of hydrogen-bond donors (Lipinski definition) is 2. The molecule has 3 amide bonds. The third-order valence-corrected chi connectivity index (χ3v) is 3.04. The Hall–Kier alpha value is -1.26. The molecule has 3 N–H and O–H groups in total. The topological polar surface area (TPSA) is 75.4 Å². The van der Waals surface area contributed by atoms with E-state index in [1.54, 1.807) is 0 Å². The monoisotopic (exact) mass is 197 g/mol. The summed E-state index contributed by atoms with van der Waals surface area (Å²) in [7, 11) is 0. The van der Waals surface area contributed by atoms with Crippen LogP contribution in [-0.2, 0) is 4.79 Å². The highest BCUT2D eigenvalue weighted by Gasteiger charge is 2.37. The first-order chi connectivity index (χ1) is 6.68. The van der Waals surface area contributed by atoms with E-state index < -0.39 is 5.91 Å². The van der Waals surface area contributed by atoms with Gasteiger partial charge in [0, 0.05) is 12.6 Å². The molecule has 2 fully saturated rings. The van der Waals surface area contributed by atoms with E-state index in [1.165, 1.54) is 11.3 Å². The maximum atomic E-state index is 11.6. The van der Waals surface area contributed by atoms with E-state index in [0.29, 0.717) is 19.0 Å². The molecule has 0 bridgehead atoms.